The molecule has 1 aromatic rings. The first-order chi connectivity index (χ1) is 8.25. The van der Waals surface area contributed by atoms with Gasteiger partial charge in [0, 0.05) is 5.69 Å². The topological polar surface area (TPSA) is 98.2 Å². The first-order valence-electron chi connectivity index (χ1n) is 5.71. The minimum atomic E-state index is -0.753. The van der Waals surface area contributed by atoms with Gasteiger partial charge in [-0.3, -0.25) is 9.59 Å². The largest absolute Gasteiger partial charge is 0.399 e. The van der Waals surface area contributed by atoms with Crippen LogP contribution in [0.3, 0.4) is 0 Å². The zero-order chi connectivity index (χ0) is 13.9. The van der Waals surface area contributed by atoms with Gasteiger partial charge in [-0.15, -0.1) is 0 Å². The molecule has 0 aliphatic rings. The van der Waals surface area contributed by atoms with E-state index >= 15 is 0 Å². The van der Waals surface area contributed by atoms with E-state index in [1.165, 1.54) is 0 Å². The number of benzene rings is 1. The number of nitrogens with two attached hydrogens (primary N) is 2. The van der Waals surface area contributed by atoms with Gasteiger partial charge in [0.1, 0.15) is 6.04 Å². The lowest BCUT2D eigenvalue weighted by Crippen LogP contribution is -2.48. The lowest BCUT2D eigenvalue weighted by Gasteiger charge is -2.25. The predicted molar refractivity (Wildman–Crippen MR) is 70.7 cm³/mol. The summed E-state index contributed by atoms with van der Waals surface area (Å²) in [6.45, 7) is 5.11. The Labute approximate surface area is 107 Å². The molecule has 0 saturated heterocycles. The van der Waals surface area contributed by atoms with E-state index in [4.69, 9.17) is 11.5 Å². The quantitative estimate of drug-likeness (QED) is 0.679. The summed E-state index contributed by atoms with van der Waals surface area (Å²) in [4.78, 5) is 23.0. The SMILES string of the molecule is CC(NC(=O)C(C)(C)c1ccc(N)cc1)C(N)=O. The number of carbonyl (C=O) groups is 2. The first-order valence-corrected chi connectivity index (χ1v) is 5.71. The minimum absolute atomic E-state index is 0.251. The van der Waals surface area contributed by atoms with Gasteiger partial charge in [-0.1, -0.05) is 12.1 Å². The lowest BCUT2D eigenvalue weighted by molar-refractivity contribution is -0.130. The van der Waals surface area contributed by atoms with Crippen molar-refractivity contribution in [2.45, 2.75) is 32.2 Å². The van der Waals surface area contributed by atoms with Gasteiger partial charge in [-0.2, -0.15) is 0 Å². The summed E-state index contributed by atoms with van der Waals surface area (Å²) in [5.74, 6) is -0.810. The monoisotopic (exact) mass is 249 g/mol. The molecule has 2 amide bonds. The van der Waals surface area contributed by atoms with Crippen molar-refractivity contribution in [3.8, 4) is 0 Å². The molecule has 1 aromatic carbocycles. The van der Waals surface area contributed by atoms with Crippen LogP contribution in [-0.2, 0) is 15.0 Å². The van der Waals surface area contributed by atoms with Crippen molar-refractivity contribution in [1.29, 1.82) is 0 Å². The summed E-state index contributed by atoms with van der Waals surface area (Å²) in [6.07, 6.45) is 0. The number of rotatable bonds is 4. The molecular formula is C13H19N3O2. The van der Waals surface area contributed by atoms with Crippen molar-refractivity contribution in [1.82, 2.24) is 5.32 Å². The molecule has 1 rings (SSSR count). The Hall–Kier alpha value is -2.04. The van der Waals surface area contributed by atoms with Crippen molar-refractivity contribution in [3.63, 3.8) is 0 Å². The summed E-state index contributed by atoms with van der Waals surface area (Å²) >= 11 is 0. The first kappa shape index (κ1) is 14.0. The van der Waals surface area contributed by atoms with Crippen LogP contribution in [0.15, 0.2) is 24.3 Å². The second-order valence-electron chi connectivity index (χ2n) is 4.84. The summed E-state index contributed by atoms with van der Waals surface area (Å²) in [5.41, 5.74) is 11.4. The fourth-order valence-electron chi connectivity index (χ4n) is 1.48. The Bertz CT molecular complexity index is 452. The molecule has 0 heterocycles. The van der Waals surface area contributed by atoms with Gasteiger partial charge in [0.15, 0.2) is 0 Å². The Balaban J connectivity index is 2.89. The smallest absolute Gasteiger partial charge is 0.239 e. The van der Waals surface area contributed by atoms with Gasteiger partial charge in [-0.25, -0.2) is 0 Å². The third kappa shape index (κ3) is 3.00. The molecule has 0 fully saturated rings. The highest BCUT2D eigenvalue weighted by molar-refractivity contribution is 5.91. The van der Waals surface area contributed by atoms with Crippen LogP contribution in [0.1, 0.15) is 26.3 Å². The predicted octanol–water partition coefficient (Wildman–Crippen LogP) is 0.536. The highest BCUT2D eigenvalue weighted by Gasteiger charge is 2.31. The molecule has 98 valence electrons. The standard InChI is InChI=1S/C13H19N3O2/c1-8(11(15)17)16-12(18)13(2,3)9-4-6-10(14)7-5-9/h4-8H,14H2,1-3H3,(H2,15,17)(H,16,18). The van der Waals surface area contributed by atoms with Gasteiger partial charge in [0.25, 0.3) is 0 Å². The van der Waals surface area contributed by atoms with Crippen LogP contribution in [0.5, 0.6) is 0 Å². The maximum atomic E-state index is 12.1. The Kier molecular flexibility index (Phi) is 3.96. The number of hydrogen-bond donors (Lipinski definition) is 3. The van der Waals surface area contributed by atoms with Gasteiger partial charge >= 0.3 is 0 Å². The maximum Gasteiger partial charge on any atom is 0.239 e. The molecule has 0 aliphatic heterocycles. The van der Waals surface area contributed by atoms with E-state index in [2.05, 4.69) is 5.32 Å². The van der Waals surface area contributed by atoms with Crippen LogP contribution in [0, 0.1) is 0 Å². The third-order valence-corrected chi connectivity index (χ3v) is 2.97. The van der Waals surface area contributed by atoms with Crippen molar-refractivity contribution >= 4 is 17.5 Å². The van der Waals surface area contributed by atoms with Crippen LogP contribution >= 0.6 is 0 Å². The molecular weight excluding hydrogens is 230 g/mol. The van der Waals surface area contributed by atoms with Crippen molar-refractivity contribution < 1.29 is 9.59 Å². The maximum absolute atomic E-state index is 12.1. The normalized spacial score (nSPS) is 12.8. The van der Waals surface area contributed by atoms with Crippen LogP contribution in [0.2, 0.25) is 0 Å². The zero-order valence-electron chi connectivity index (χ0n) is 10.9. The summed E-state index contributed by atoms with van der Waals surface area (Å²) in [5, 5.41) is 2.59. The molecule has 18 heavy (non-hydrogen) atoms. The van der Waals surface area contributed by atoms with E-state index in [-0.39, 0.29) is 5.91 Å². The average Bonchev–Trinajstić information content (AvgIpc) is 2.29. The van der Waals surface area contributed by atoms with Crippen molar-refractivity contribution in [3.05, 3.63) is 29.8 Å². The average molecular weight is 249 g/mol. The number of nitrogen functional groups attached to an aromatic ring is 1. The summed E-state index contributed by atoms with van der Waals surface area (Å²) in [7, 11) is 0. The Morgan fingerprint density at radius 1 is 1.22 bits per heavy atom. The Morgan fingerprint density at radius 3 is 2.17 bits per heavy atom. The van der Waals surface area contributed by atoms with Crippen LogP contribution in [0.4, 0.5) is 5.69 Å². The molecule has 0 radical (unpaired) electrons. The van der Waals surface area contributed by atoms with Gasteiger partial charge in [0.05, 0.1) is 5.41 Å². The number of carbonyl (C=O) groups excluding carboxylic acids is 2. The lowest BCUT2D eigenvalue weighted by atomic mass is 9.83. The fraction of sp³-hybridized carbons (Fsp3) is 0.385. The summed E-state index contributed by atoms with van der Waals surface area (Å²) in [6, 6.07) is 6.38. The number of hydrogen-bond acceptors (Lipinski definition) is 3. The Morgan fingerprint density at radius 2 is 1.72 bits per heavy atom. The molecule has 0 bridgehead atoms. The summed E-state index contributed by atoms with van der Waals surface area (Å²) < 4.78 is 0. The highest BCUT2D eigenvalue weighted by Crippen LogP contribution is 2.24. The van der Waals surface area contributed by atoms with Gasteiger partial charge in [-0.05, 0) is 38.5 Å². The molecule has 0 aliphatic carbocycles. The third-order valence-electron chi connectivity index (χ3n) is 2.97. The number of nitrogens with one attached hydrogen (secondary N) is 1. The number of primary amides is 1. The molecule has 0 spiro atoms. The van der Waals surface area contributed by atoms with Gasteiger partial charge in [0.2, 0.25) is 11.8 Å². The van der Waals surface area contributed by atoms with E-state index in [9.17, 15) is 9.59 Å². The highest BCUT2D eigenvalue weighted by atomic mass is 16.2. The van der Waals surface area contributed by atoms with Crippen molar-refractivity contribution in [2.24, 2.45) is 5.73 Å². The second kappa shape index (κ2) is 5.08. The number of anilines is 1. The van der Waals surface area contributed by atoms with E-state index < -0.39 is 17.4 Å². The van der Waals surface area contributed by atoms with Crippen LogP contribution in [-0.4, -0.2) is 17.9 Å². The zero-order valence-corrected chi connectivity index (χ0v) is 10.9. The molecule has 5 nitrogen and oxygen atoms in total. The molecule has 5 heteroatoms. The molecule has 1 atom stereocenters. The molecule has 0 aromatic heterocycles. The van der Waals surface area contributed by atoms with E-state index in [0.29, 0.717) is 5.69 Å². The van der Waals surface area contributed by atoms with E-state index in [1.807, 2.05) is 0 Å². The molecule has 1 unspecified atom stereocenters. The minimum Gasteiger partial charge on any atom is -0.399 e. The van der Waals surface area contributed by atoms with E-state index in [0.717, 1.165) is 5.56 Å². The second-order valence-corrected chi connectivity index (χ2v) is 4.84. The van der Waals surface area contributed by atoms with Crippen molar-refractivity contribution in [2.75, 3.05) is 5.73 Å². The fourth-order valence-corrected chi connectivity index (χ4v) is 1.48. The molecule has 5 N–H and O–H groups in total. The molecule has 0 saturated carbocycles. The van der Waals surface area contributed by atoms with E-state index in [1.54, 1.807) is 45.0 Å². The van der Waals surface area contributed by atoms with Crippen LogP contribution < -0.4 is 16.8 Å². The van der Waals surface area contributed by atoms with Gasteiger partial charge < -0.3 is 16.8 Å². The van der Waals surface area contributed by atoms with Crippen LogP contribution in [0.25, 0.3) is 0 Å². The number of amides is 2.